The van der Waals surface area contributed by atoms with Crippen LogP contribution in [0.1, 0.15) is 32.3 Å². The first-order valence-corrected chi connectivity index (χ1v) is 5.95. The number of benzene rings is 1. The molecule has 0 radical (unpaired) electrons. The van der Waals surface area contributed by atoms with E-state index >= 15 is 0 Å². The predicted molar refractivity (Wildman–Crippen MR) is 65.0 cm³/mol. The lowest BCUT2D eigenvalue weighted by atomic mass is 9.86. The Balaban J connectivity index is 2.18. The SMILES string of the molecule is CCC1(C)CC(=O)N(Cc2ccccc2)C1=O. The largest absolute Gasteiger partial charge is 0.278 e. The van der Waals surface area contributed by atoms with Crippen molar-refractivity contribution >= 4 is 11.8 Å². The Labute approximate surface area is 101 Å². The predicted octanol–water partition coefficient (Wildman–Crippen LogP) is 2.36. The topological polar surface area (TPSA) is 37.4 Å². The fourth-order valence-electron chi connectivity index (χ4n) is 2.15. The molecule has 90 valence electrons. The highest BCUT2D eigenvalue weighted by atomic mass is 16.2. The van der Waals surface area contributed by atoms with Crippen molar-refractivity contribution in [2.24, 2.45) is 5.41 Å². The van der Waals surface area contributed by atoms with Gasteiger partial charge in [0.25, 0.3) is 0 Å². The minimum Gasteiger partial charge on any atom is -0.278 e. The molecule has 1 unspecified atom stereocenters. The highest BCUT2D eigenvalue weighted by Gasteiger charge is 2.46. The molecule has 1 atom stereocenters. The highest BCUT2D eigenvalue weighted by Crippen LogP contribution is 2.36. The second-order valence-electron chi connectivity index (χ2n) is 4.86. The maximum atomic E-state index is 12.2. The summed E-state index contributed by atoms with van der Waals surface area (Å²) >= 11 is 0. The van der Waals surface area contributed by atoms with Gasteiger partial charge in [-0.05, 0) is 12.0 Å². The Bertz CT molecular complexity index is 441. The van der Waals surface area contributed by atoms with Crippen LogP contribution in [0.3, 0.4) is 0 Å². The monoisotopic (exact) mass is 231 g/mol. The first-order chi connectivity index (χ1) is 8.07. The van der Waals surface area contributed by atoms with Gasteiger partial charge in [0.15, 0.2) is 0 Å². The Kier molecular flexibility index (Phi) is 3.01. The molecule has 1 aliphatic rings. The molecule has 1 heterocycles. The summed E-state index contributed by atoms with van der Waals surface area (Å²) in [4.78, 5) is 25.4. The molecule has 0 spiro atoms. The zero-order valence-corrected chi connectivity index (χ0v) is 10.3. The molecule has 0 aromatic heterocycles. The summed E-state index contributed by atoms with van der Waals surface area (Å²) in [5, 5.41) is 0. The normalized spacial score (nSPS) is 24.5. The van der Waals surface area contributed by atoms with Crippen LogP contribution >= 0.6 is 0 Å². The summed E-state index contributed by atoms with van der Waals surface area (Å²) in [5.74, 6) is -0.0861. The molecular weight excluding hydrogens is 214 g/mol. The fraction of sp³-hybridized carbons (Fsp3) is 0.429. The van der Waals surface area contributed by atoms with Crippen molar-refractivity contribution in [2.45, 2.75) is 33.2 Å². The molecule has 0 N–H and O–H groups in total. The van der Waals surface area contributed by atoms with Crippen LogP contribution in [-0.2, 0) is 16.1 Å². The molecule has 3 heteroatoms. The van der Waals surface area contributed by atoms with Gasteiger partial charge in [-0.15, -0.1) is 0 Å². The van der Waals surface area contributed by atoms with E-state index < -0.39 is 5.41 Å². The van der Waals surface area contributed by atoms with E-state index in [0.717, 1.165) is 5.56 Å². The van der Waals surface area contributed by atoms with Gasteiger partial charge in [-0.1, -0.05) is 44.2 Å². The first-order valence-electron chi connectivity index (χ1n) is 5.95. The standard InChI is InChI=1S/C14H17NO2/c1-3-14(2)9-12(16)15(13(14)17)10-11-7-5-4-6-8-11/h4-8H,3,9-10H2,1-2H3. The number of hydrogen-bond acceptors (Lipinski definition) is 2. The Morgan fingerprint density at radius 2 is 1.88 bits per heavy atom. The molecule has 0 aliphatic carbocycles. The summed E-state index contributed by atoms with van der Waals surface area (Å²) in [6, 6.07) is 9.62. The molecule has 17 heavy (non-hydrogen) atoms. The van der Waals surface area contributed by atoms with Gasteiger partial charge in [0.05, 0.1) is 12.0 Å². The second-order valence-corrected chi connectivity index (χ2v) is 4.86. The number of carbonyl (C=O) groups excluding carboxylic acids is 2. The summed E-state index contributed by atoms with van der Waals surface area (Å²) in [6.07, 6.45) is 1.05. The summed E-state index contributed by atoms with van der Waals surface area (Å²) in [7, 11) is 0. The number of imide groups is 1. The third-order valence-corrected chi connectivity index (χ3v) is 3.57. The molecule has 1 aromatic carbocycles. The number of nitrogens with zero attached hydrogens (tertiary/aromatic N) is 1. The van der Waals surface area contributed by atoms with Crippen LogP contribution in [0, 0.1) is 5.41 Å². The molecule has 3 nitrogen and oxygen atoms in total. The van der Waals surface area contributed by atoms with Crippen molar-refractivity contribution in [1.29, 1.82) is 0 Å². The van der Waals surface area contributed by atoms with Crippen LogP contribution < -0.4 is 0 Å². The fourth-order valence-corrected chi connectivity index (χ4v) is 2.15. The van der Waals surface area contributed by atoms with E-state index in [0.29, 0.717) is 19.4 Å². The van der Waals surface area contributed by atoms with Gasteiger partial charge in [-0.25, -0.2) is 0 Å². The van der Waals surface area contributed by atoms with Crippen LogP contribution in [0.4, 0.5) is 0 Å². The van der Waals surface area contributed by atoms with Crippen LogP contribution in [0.25, 0.3) is 0 Å². The van der Waals surface area contributed by atoms with E-state index in [2.05, 4.69) is 0 Å². The summed E-state index contributed by atoms with van der Waals surface area (Å²) in [5.41, 5.74) is 0.501. The van der Waals surface area contributed by atoms with Gasteiger partial charge in [0, 0.05) is 6.42 Å². The number of hydrogen-bond donors (Lipinski definition) is 0. The molecule has 2 amide bonds. The molecule has 2 rings (SSSR count). The van der Waals surface area contributed by atoms with E-state index in [9.17, 15) is 9.59 Å². The summed E-state index contributed by atoms with van der Waals surface area (Å²) < 4.78 is 0. The zero-order chi connectivity index (χ0) is 12.5. The number of amides is 2. The van der Waals surface area contributed by atoms with Crippen LogP contribution in [-0.4, -0.2) is 16.7 Å². The summed E-state index contributed by atoms with van der Waals surface area (Å²) in [6.45, 7) is 4.23. The quantitative estimate of drug-likeness (QED) is 0.749. The molecule has 0 bridgehead atoms. The number of likely N-dealkylation sites (tertiary alicyclic amines) is 1. The van der Waals surface area contributed by atoms with Gasteiger partial charge in [0.2, 0.25) is 11.8 Å². The van der Waals surface area contributed by atoms with Gasteiger partial charge in [-0.2, -0.15) is 0 Å². The number of carbonyl (C=O) groups is 2. The Hall–Kier alpha value is -1.64. The van der Waals surface area contributed by atoms with Crippen molar-refractivity contribution in [1.82, 2.24) is 4.90 Å². The average Bonchev–Trinajstić information content (AvgIpc) is 2.55. The van der Waals surface area contributed by atoms with E-state index in [4.69, 9.17) is 0 Å². The first kappa shape index (κ1) is 11.8. The minimum atomic E-state index is -0.494. The molecule has 1 aliphatic heterocycles. The lowest BCUT2D eigenvalue weighted by Crippen LogP contribution is -2.33. The molecule has 1 aromatic rings. The molecule has 1 saturated heterocycles. The third kappa shape index (κ3) is 2.09. The van der Waals surface area contributed by atoms with Gasteiger partial charge in [0.1, 0.15) is 0 Å². The van der Waals surface area contributed by atoms with Gasteiger partial charge >= 0.3 is 0 Å². The van der Waals surface area contributed by atoms with Gasteiger partial charge in [-0.3, -0.25) is 14.5 Å². The van der Waals surface area contributed by atoms with Gasteiger partial charge < -0.3 is 0 Å². The molecular formula is C14H17NO2. The highest BCUT2D eigenvalue weighted by molar-refractivity contribution is 6.05. The third-order valence-electron chi connectivity index (χ3n) is 3.57. The molecule has 0 saturated carbocycles. The average molecular weight is 231 g/mol. The zero-order valence-electron chi connectivity index (χ0n) is 10.3. The van der Waals surface area contributed by atoms with Crippen molar-refractivity contribution in [3.05, 3.63) is 35.9 Å². The Morgan fingerprint density at radius 1 is 1.24 bits per heavy atom. The van der Waals surface area contributed by atoms with Crippen LogP contribution in [0.5, 0.6) is 0 Å². The van der Waals surface area contributed by atoms with Crippen LogP contribution in [0.15, 0.2) is 30.3 Å². The number of rotatable bonds is 3. The second kappa shape index (κ2) is 4.32. The Morgan fingerprint density at radius 3 is 2.41 bits per heavy atom. The van der Waals surface area contributed by atoms with E-state index in [1.165, 1.54) is 4.90 Å². The lowest BCUT2D eigenvalue weighted by Gasteiger charge is -2.20. The van der Waals surface area contributed by atoms with E-state index in [1.54, 1.807) is 0 Å². The smallest absolute Gasteiger partial charge is 0.235 e. The van der Waals surface area contributed by atoms with Crippen LogP contribution in [0.2, 0.25) is 0 Å². The van der Waals surface area contributed by atoms with Crippen molar-refractivity contribution in [3.8, 4) is 0 Å². The lowest BCUT2D eigenvalue weighted by molar-refractivity contribution is -0.141. The van der Waals surface area contributed by atoms with E-state index in [1.807, 2.05) is 44.2 Å². The van der Waals surface area contributed by atoms with Crippen molar-refractivity contribution in [2.75, 3.05) is 0 Å². The van der Waals surface area contributed by atoms with E-state index in [-0.39, 0.29) is 11.8 Å². The van der Waals surface area contributed by atoms with Crippen molar-refractivity contribution < 1.29 is 9.59 Å². The maximum Gasteiger partial charge on any atom is 0.235 e. The van der Waals surface area contributed by atoms with Crippen molar-refractivity contribution in [3.63, 3.8) is 0 Å². The minimum absolute atomic E-state index is 0.0335. The molecule has 1 fully saturated rings. The maximum absolute atomic E-state index is 12.2.